The van der Waals surface area contributed by atoms with Crippen molar-refractivity contribution in [1.82, 2.24) is 14.8 Å². The van der Waals surface area contributed by atoms with E-state index in [2.05, 4.69) is 28.1 Å². The first-order valence-electron chi connectivity index (χ1n) is 8.13. The normalized spacial score (nSPS) is 21.8. The van der Waals surface area contributed by atoms with E-state index in [9.17, 15) is 9.18 Å². The molecule has 2 aliphatic rings. The predicted octanol–water partition coefficient (Wildman–Crippen LogP) is 3.57. The minimum Gasteiger partial charge on any atom is -0.328 e. The van der Waals surface area contributed by atoms with Crippen LogP contribution in [0.5, 0.6) is 0 Å². The lowest BCUT2D eigenvalue weighted by molar-refractivity contribution is -0.123. The van der Waals surface area contributed by atoms with Crippen molar-refractivity contribution in [2.45, 2.75) is 24.0 Å². The number of carbonyl (C=O) groups excluding carboxylic acids is 1. The van der Waals surface area contributed by atoms with Gasteiger partial charge in [-0.2, -0.15) is 4.98 Å². The van der Waals surface area contributed by atoms with Crippen molar-refractivity contribution in [3.8, 4) is 0 Å². The smallest absolute Gasteiger partial charge is 0.227 e. The fraction of sp³-hybridized carbons (Fsp3) is 0.278. The Labute approximate surface area is 149 Å². The van der Waals surface area contributed by atoms with E-state index in [4.69, 9.17) is 0 Å². The lowest BCUT2D eigenvalue weighted by atomic mass is 9.81. The molecule has 5 nitrogen and oxygen atoms in total. The van der Waals surface area contributed by atoms with Crippen molar-refractivity contribution in [3.63, 3.8) is 0 Å². The van der Waals surface area contributed by atoms with Crippen molar-refractivity contribution in [1.29, 1.82) is 0 Å². The van der Waals surface area contributed by atoms with Crippen LogP contribution in [0.4, 0.5) is 10.3 Å². The second-order valence-corrected chi connectivity index (χ2v) is 7.01. The number of ketones is 1. The standard InChI is InChI=1S/C18H17FN4OS/c1-2-10-25-18-21-17-20-13-4-3-5-14(24)15(13)16(23(17)22-18)11-6-8-12(19)9-7-11/h2,4,6-9,15-16H,1,3,5,10H2,(H,20,21,22). The Morgan fingerprint density at radius 2 is 2.20 bits per heavy atom. The van der Waals surface area contributed by atoms with Gasteiger partial charge in [-0.3, -0.25) is 4.79 Å². The Bertz CT molecular complexity index is 858. The fourth-order valence-electron chi connectivity index (χ4n) is 3.34. The van der Waals surface area contributed by atoms with Crippen LogP contribution >= 0.6 is 11.8 Å². The average molecular weight is 356 g/mol. The first kappa shape index (κ1) is 16.1. The highest BCUT2D eigenvalue weighted by Gasteiger charge is 2.41. The number of nitrogens with one attached hydrogen (secondary N) is 1. The van der Waals surface area contributed by atoms with Crippen LogP contribution in [0.25, 0.3) is 0 Å². The Balaban J connectivity index is 1.82. The summed E-state index contributed by atoms with van der Waals surface area (Å²) < 4.78 is 15.1. The number of nitrogens with zero attached hydrogens (tertiary/aromatic N) is 3. The second kappa shape index (κ2) is 6.48. The van der Waals surface area contributed by atoms with Crippen LogP contribution in [0.1, 0.15) is 24.4 Å². The van der Waals surface area contributed by atoms with Gasteiger partial charge in [0.15, 0.2) is 0 Å². The topological polar surface area (TPSA) is 59.8 Å². The molecule has 0 bridgehead atoms. The maximum Gasteiger partial charge on any atom is 0.227 e. The van der Waals surface area contributed by atoms with E-state index in [1.165, 1.54) is 23.9 Å². The third kappa shape index (κ3) is 2.89. The van der Waals surface area contributed by atoms with Crippen molar-refractivity contribution in [2.24, 2.45) is 5.92 Å². The van der Waals surface area contributed by atoms with Gasteiger partial charge in [0.25, 0.3) is 0 Å². The minimum absolute atomic E-state index is 0.167. The van der Waals surface area contributed by atoms with Gasteiger partial charge < -0.3 is 5.32 Å². The van der Waals surface area contributed by atoms with Crippen molar-refractivity contribution >= 4 is 23.5 Å². The number of allylic oxidation sites excluding steroid dienone is 2. The van der Waals surface area contributed by atoms with Crippen LogP contribution in [0.3, 0.4) is 0 Å². The number of Topliss-reactive ketones (excluding diaryl/α,β-unsaturated/α-hetero) is 1. The van der Waals surface area contributed by atoms with Gasteiger partial charge in [-0.15, -0.1) is 11.7 Å². The summed E-state index contributed by atoms with van der Waals surface area (Å²) in [6.07, 6.45) is 5.08. The highest BCUT2D eigenvalue weighted by Crippen LogP contribution is 2.41. The lowest BCUT2D eigenvalue weighted by Gasteiger charge is -2.36. The molecule has 0 saturated carbocycles. The van der Waals surface area contributed by atoms with Gasteiger partial charge >= 0.3 is 0 Å². The largest absolute Gasteiger partial charge is 0.328 e. The van der Waals surface area contributed by atoms with Crippen molar-refractivity contribution in [3.05, 3.63) is 60.1 Å². The summed E-state index contributed by atoms with van der Waals surface area (Å²) in [7, 11) is 0. The molecule has 0 saturated heterocycles. The Hall–Kier alpha value is -2.41. The third-order valence-corrected chi connectivity index (χ3v) is 5.26. The summed E-state index contributed by atoms with van der Waals surface area (Å²) in [5, 5.41) is 8.46. The SMILES string of the molecule is C=CCSc1nc2n(n1)C(c1ccc(F)cc1)C1C(=O)CCC=C1N2. The molecule has 1 aliphatic carbocycles. The molecule has 128 valence electrons. The molecule has 2 atom stereocenters. The zero-order valence-electron chi connectivity index (χ0n) is 13.5. The average Bonchev–Trinajstić information content (AvgIpc) is 3.01. The molecule has 2 heterocycles. The first-order valence-corrected chi connectivity index (χ1v) is 9.11. The van der Waals surface area contributed by atoms with Crippen LogP contribution in [0.2, 0.25) is 0 Å². The van der Waals surface area contributed by atoms with Crippen LogP contribution < -0.4 is 5.32 Å². The first-order chi connectivity index (χ1) is 12.2. The van der Waals surface area contributed by atoms with Gasteiger partial charge in [-0.1, -0.05) is 36.0 Å². The summed E-state index contributed by atoms with van der Waals surface area (Å²) in [5.41, 5.74) is 1.71. The zero-order chi connectivity index (χ0) is 17.4. The fourth-order valence-corrected chi connectivity index (χ4v) is 3.91. The third-order valence-electron chi connectivity index (χ3n) is 4.43. The monoisotopic (exact) mass is 356 g/mol. The summed E-state index contributed by atoms with van der Waals surface area (Å²) in [5.74, 6) is 0.837. The molecule has 1 aromatic heterocycles. The highest BCUT2D eigenvalue weighted by atomic mass is 32.2. The molecular weight excluding hydrogens is 339 g/mol. The molecule has 0 amide bonds. The molecule has 0 spiro atoms. The Morgan fingerprint density at radius 1 is 1.40 bits per heavy atom. The molecule has 1 N–H and O–H groups in total. The van der Waals surface area contributed by atoms with E-state index in [0.29, 0.717) is 23.3 Å². The van der Waals surface area contributed by atoms with Gasteiger partial charge in [-0.25, -0.2) is 9.07 Å². The number of halogens is 1. The maximum absolute atomic E-state index is 13.4. The highest BCUT2D eigenvalue weighted by molar-refractivity contribution is 7.99. The number of hydrogen-bond donors (Lipinski definition) is 1. The van der Waals surface area contributed by atoms with Crippen LogP contribution in [0.15, 0.2) is 53.8 Å². The van der Waals surface area contributed by atoms with Gasteiger partial charge in [0.2, 0.25) is 11.1 Å². The van der Waals surface area contributed by atoms with Gasteiger partial charge in [0, 0.05) is 17.9 Å². The quantitative estimate of drug-likeness (QED) is 0.670. The van der Waals surface area contributed by atoms with E-state index in [0.717, 1.165) is 17.7 Å². The van der Waals surface area contributed by atoms with Crippen LogP contribution in [-0.4, -0.2) is 26.3 Å². The van der Waals surface area contributed by atoms with E-state index >= 15 is 0 Å². The lowest BCUT2D eigenvalue weighted by Crippen LogP contribution is -2.38. The number of hydrogen-bond acceptors (Lipinski definition) is 5. The molecule has 0 radical (unpaired) electrons. The summed E-state index contributed by atoms with van der Waals surface area (Å²) in [6, 6.07) is 5.94. The van der Waals surface area contributed by atoms with Crippen LogP contribution in [0, 0.1) is 11.7 Å². The van der Waals surface area contributed by atoms with E-state index in [1.54, 1.807) is 22.9 Å². The number of rotatable bonds is 4. The number of anilines is 1. The molecule has 0 fully saturated rings. The zero-order valence-corrected chi connectivity index (χ0v) is 14.3. The van der Waals surface area contributed by atoms with Gasteiger partial charge in [0.05, 0.1) is 12.0 Å². The van der Waals surface area contributed by atoms with Crippen molar-refractivity contribution < 1.29 is 9.18 Å². The predicted molar refractivity (Wildman–Crippen MR) is 94.9 cm³/mol. The summed E-state index contributed by atoms with van der Waals surface area (Å²) in [6.45, 7) is 3.71. The molecule has 2 aromatic rings. The Morgan fingerprint density at radius 3 is 2.96 bits per heavy atom. The second-order valence-electron chi connectivity index (χ2n) is 6.03. The molecule has 4 rings (SSSR count). The number of benzene rings is 1. The molecule has 2 unspecified atom stereocenters. The summed E-state index contributed by atoms with van der Waals surface area (Å²) >= 11 is 1.48. The van der Waals surface area contributed by atoms with Crippen LogP contribution in [-0.2, 0) is 4.79 Å². The number of carbonyl (C=O) groups is 1. The number of fused-ring (bicyclic) bond motifs is 2. The van der Waals surface area contributed by atoms with Gasteiger partial charge in [-0.05, 0) is 24.1 Å². The maximum atomic E-state index is 13.4. The summed E-state index contributed by atoms with van der Waals surface area (Å²) in [4.78, 5) is 17.2. The molecule has 1 aromatic carbocycles. The number of aromatic nitrogens is 3. The van der Waals surface area contributed by atoms with E-state index < -0.39 is 0 Å². The minimum atomic E-state index is -0.342. The molecule has 7 heteroatoms. The van der Waals surface area contributed by atoms with E-state index in [1.807, 2.05) is 0 Å². The Kier molecular flexibility index (Phi) is 4.17. The molecule has 1 aliphatic heterocycles. The van der Waals surface area contributed by atoms with E-state index in [-0.39, 0.29) is 23.6 Å². The van der Waals surface area contributed by atoms with Crippen molar-refractivity contribution in [2.75, 3.05) is 11.1 Å². The molecule has 25 heavy (non-hydrogen) atoms. The number of thioether (sulfide) groups is 1. The molecular formula is C18H17FN4OS. The van der Waals surface area contributed by atoms with Gasteiger partial charge in [0.1, 0.15) is 11.6 Å².